The van der Waals surface area contributed by atoms with E-state index >= 15 is 0 Å². The second kappa shape index (κ2) is 5.16. The lowest BCUT2D eigenvalue weighted by Crippen LogP contribution is -2.33. The second-order valence-electron chi connectivity index (χ2n) is 5.59. The fourth-order valence-electron chi connectivity index (χ4n) is 3.33. The summed E-state index contributed by atoms with van der Waals surface area (Å²) in [5, 5.41) is 9.82. The third-order valence-electron chi connectivity index (χ3n) is 3.85. The van der Waals surface area contributed by atoms with Gasteiger partial charge in [-0.15, -0.1) is 0 Å². The Morgan fingerprint density at radius 1 is 1.14 bits per heavy atom. The quantitative estimate of drug-likeness (QED) is 0.736. The number of aliphatic hydroxyl groups is 1. The van der Waals surface area contributed by atoms with Crippen LogP contribution < -0.4 is 0 Å². The van der Waals surface area contributed by atoms with Gasteiger partial charge in [0, 0.05) is 0 Å². The molecule has 0 radical (unpaired) electrons. The molecule has 0 aromatic rings. The fraction of sp³-hybridized carbons (Fsp3) is 1.00. The van der Waals surface area contributed by atoms with E-state index in [0.717, 1.165) is 11.8 Å². The van der Waals surface area contributed by atoms with Crippen molar-refractivity contribution in [3.8, 4) is 0 Å². The van der Waals surface area contributed by atoms with Crippen LogP contribution in [0.4, 0.5) is 0 Å². The first-order chi connectivity index (χ1) is 6.52. The van der Waals surface area contributed by atoms with E-state index in [2.05, 4.69) is 20.8 Å². The smallest absolute Gasteiger partial charge is 0.0545 e. The minimum atomic E-state index is -0.134. The lowest BCUT2D eigenvalue weighted by atomic mass is 9.70. The van der Waals surface area contributed by atoms with Crippen LogP contribution in [0, 0.1) is 23.7 Å². The highest BCUT2D eigenvalue weighted by Crippen LogP contribution is 2.38. The Hall–Kier alpha value is -0.0400. The molecule has 0 heterocycles. The summed E-state index contributed by atoms with van der Waals surface area (Å²) >= 11 is 0. The molecule has 0 aromatic carbocycles. The van der Waals surface area contributed by atoms with Gasteiger partial charge in [-0.05, 0) is 37.0 Å². The lowest BCUT2D eigenvalue weighted by Gasteiger charge is -2.37. The van der Waals surface area contributed by atoms with Gasteiger partial charge in [-0.3, -0.25) is 0 Å². The molecule has 1 fully saturated rings. The molecule has 1 aliphatic rings. The van der Waals surface area contributed by atoms with Gasteiger partial charge in [0.15, 0.2) is 0 Å². The van der Waals surface area contributed by atoms with Crippen molar-refractivity contribution in [2.45, 2.75) is 59.5 Å². The molecule has 1 heteroatoms. The summed E-state index contributed by atoms with van der Waals surface area (Å²) < 4.78 is 0. The SMILES string of the molecule is CC1CCCC(C(C(C)C)C(C)O)C1. The number of hydrogen-bond acceptors (Lipinski definition) is 1. The van der Waals surface area contributed by atoms with Crippen molar-refractivity contribution in [2.75, 3.05) is 0 Å². The summed E-state index contributed by atoms with van der Waals surface area (Å²) in [6.45, 7) is 8.81. The van der Waals surface area contributed by atoms with Crippen molar-refractivity contribution < 1.29 is 5.11 Å². The normalized spacial score (nSPS) is 33.0. The minimum absolute atomic E-state index is 0.134. The van der Waals surface area contributed by atoms with Crippen LogP contribution >= 0.6 is 0 Å². The van der Waals surface area contributed by atoms with E-state index in [1.165, 1.54) is 25.7 Å². The van der Waals surface area contributed by atoms with Gasteiger partial charge in [0.2, 0.25) is 0 Å². The molecular formula is C13H26O. The van der Waals surface area contributed by atoms with Gasteiger partial charge < -0.3 is 5.11 Å². The summed E-state index contributed by atoms with van der Waals surface area (Å²) in [5.41, 5.74) is 0. The summed E-state index contributed by atoms with van der Waals surface area (Å²) in [6, 6.07) is 0. The van der Waals surface area contributed by atoms with Gasteiger partial charge in [0.1, 0.15) is 0 Å². The van der Waals surface area contributed by atoms with E-state index in [0.29, 0.717) is 11.8 Å². The Labute approximate surface area is 88.9 Å². The number of hydrogen-bond donors (Lipinski definition) is 1. The molecule has 0 saturated heterocycles. The highest BCUT2D eigenvalue weighted by Gasteiger charge is 2.31. The van der Waals surface area contributed by atoms with Crippen LogP contribution in [0.2, 0.25) is 0 Å². The van der Waals surface area contributed by atoms with Crippen molar-refractivity contribution in [1.82, 2.24) is 0 Å². The Balaban J connectivity index is 2.58. The molecule has 1 rings (SSSR count). The molecule has 0 aliphatic heterocycles. The van der Waals surface area contributed by atoms with Crippen LogP contribution in [-0.2, 0) is 0 Å². The Morgan fingerprint density at radius 3 is 2.21 bits per heavy atom. The molecule has 1 nitrogen and oxygen atoms in total. The average Bonchev–Trinajstić information content (AvgIpc) is 2.02. The topological polar surface area (TPSA) is 20.2 Å². The molecule has 14 heavy (non-hydrogen) atoms. The minimum Gasteiger partial charge on any atom is -0.393 e. The zero-order valence-corrected chi connectivity index (χ0v) is 10.2. The number of rotatable bonds is 3. The first-order valence-corrected chi connectivity index (χ1v) is 6.20. The molecule has 1 saturated carbocycles. The lowest BCUT2D eigenvalue weighted by molar-refractivity contribution is 0.0351. The largest absolute Gasteiger partial charge is 0.393 e. The second-order valence-corrected chi connectivity index (χ2v) is 5.59. The van der Waals surface area contributed by atoms with Crippen LogP contribution in [-0.4, -0.2) is 11.2 Å². The van der Waals surface area contributed by atoms with Gasteiger partial charge >= 0.3 is 0 Å². The van der Waals surface area contributed by atoms with E-state index in [-0.39, 0.29) is 6.10 Å². The molecule has 1 aliphatic carbocycles. The maximum atomic E-state index is 9.82. The fourth-order valence-corrected chi connectivity index (χ4v) is 3.33. The van der Waals surface area contributed by atoms with Gasteiger partial charge in [-0.2, -0.15) is 0 Å². The highest BCUT2D eigenvalue weighted by atomic mass is 16.3. The van der Waals surface area contributed by atoms with Crippen LogP contribution in [0.1, 0.15) is 53.4 Å². The Bertz CT molecular complexity index is 155. The standard InChI is InChI=1S/C13H26O/c1-9(2)13(11(4)14)12-7-5-6-10(3)8-12/h9-14H,5-8H2,1-4H3. The van der Waals surface area contributed by atoms with Gasteiger partial charge in [0.25, 0.3) is 0 Å². The molecule has 84 valence electrons. The maximum Gasteiger partial charge on any atom is 0.0545 e. The Morgan fingerprint density at radius 2 is 1.79 bits per heavy atom. The third-order valence-corrected chi connectivity index (χ3v) is 3.85. The van der Waals surface area contributed by atoms with E-state index in [1.54, 1.807) is 0 Å². The van der Waals surface area contributed by atoms with Crippen LogP contribution in [0.5, 0.6) is 0 Å². The van der Waals surface area contributed by atoms with Crippen LogP contribution in [0.25, 0.3) is 0 Å². The van der Waals surface area contributed by atoms with Gasteiger partial charge in [-0.25, -0.2) is 0 Å². The van der Waals surface area contributed by atoms with Crippen molar-refractivity contribution in [1.29, 1.82) is 0 Å². The molecule has 0 amide bonds. The molecular weight excluding hydrogens is 172 g/mol. The first kappa shape index (κ1) is 12.0. The number of aliphatic hydroxyl groups excluding tert-OH is 1. The molecule has 1 N–H and O–H groups in total. The Kier molecular flexibility index (Phi) is 4.43. The van der Waals surface area contributed by atoms with Crippen molar-refractivity contribution in [3.63, 3.8) is 0 Å². The zero-order chi connectivity index (χ0) is 10.7. The van der Waals surface area contributed by atoms with Crippen molar-refractivity contribution in [3.05, 3.63) is 0 Å². The molecule has 0 aromatic heterocycles. The predicted octanol–water partition coefficient (Wildman–Crippen LogP) is 3.47. The summed E-state index contributed by atoms with van der Waals surface area (Å²) in [7, 11) is 0. The van der Waals surface area contributed by atoms with E-state index in [9.17, 15) is 5.11 Å². The summed E-state index contributed by atoms with van der Waals surface area (Å²) in [6.07, 6.45) is 5.28. The van der Waals surface area contributed by atoms with Crippen LogP contribution in [0.15, 0.2) is 0 Å². The maximum absolute atomic E-state index is 9.82. The third kappa shape index (κ3) is 2.98. The van der Waals surface area contributed by atoms with Gasteiger partial charge in [-0.1, -0.05) is 40.0 Å². The molecule has 0 spiro atoms. The average molecular weight is 198 g/mol. The first-order valence-electron chi connectivity index (χ1n) is 6.20. The van der Waals surface area contributed by atoms with Crippen molar-refractivity contribution in [2.24, 2.45) is 23.7 Å². The summed E-state index contributed by atoms with van der Waals surface area (Å²) in [4.78, 5) is 0. The van der Waals surface area contributed by atoms with E-state index in [4.69, 9.17) is 0 Å². The molecule has 4 atom stereocenters. The molecule has 0 bridgehead atoms. The van der Waals surface area contributed by atoms with E-state index in [1.807, 2.05) is 6.92 Å². The summed E-state index contributed by atoms with van der Waals surface area (Å²) in [5.74, 6) is 2.76. The highest BCUT2D eigenvalue weighted by molar-refractivity contribution is 4.81. The molecule has 4 unspecified atom stereocenters. The van der Waals surface area contributed by atoms with Crippen molar-refractivity contribution >= 4 is 0 Å². The van der Waals surface area contributed by atoms with Gasteiger partial charge in [0.05, 0.1) is 6.10 Å². The van der Waals surface area contributed by atoms with E-state index < -0.39 is 0 Å². The zero-order valence-electron chi connectivity index (χ0n) is 10.2. The van der Waals surface area contributed by atoms with Crippen LogP contribution in [0.3, 0.4) is 0 Å². The predicted molar refractivity (Wildman–Crippen MR) is 61.1 cm³/mol. The monoisotopic (exact) mass is 198 g/mol.